The molecule has 2 N–H and O–H groups in total. The van der Waals surface area contributed by atoms with Crippen LogP contribution in [-0.4, -0.2) is 0 Å². The summed E-state index contributed by atoms with van der Waals surface area (Å²) in [6, 6.07) is 20.0. The topological polar surface area (TPSA) is 39.2 Å². The second-order valence-electron chi connectivity index (χ2n) is 4.97. The Morgan fingerprint density at radius 1 is 1.05 bits per heavy atom. The molecule has 0 aliphatic heterocycles. The van der Waals surface area contributed by atoms with E-state index in [9.17, 15) is 0 Å². The van der Waals surface area contributed by atoms with Crippen LogP contribution in [0, 0.1) is 0 Å². The number of rotatable bonds is 4. The van der Waals surface area contributed by atoms with Crippen molar-refractivity contribution in [2.24, 2.45) is 5.73 Å². The molecule has 1 unspecified atom stereocenters. The first-order valence-corrected chi connectivity index (χ1v) is 6.71. The van der Waals surface area contributed by atoms with Crippen LogP contribution >= 0.6 is 0 Å². The highest BCUT2D eigenvalue weighted by Crippen LogP contribution is 2.29. The second-order valence-corrected chi connectivity index (χ2v) is 4.97. The molecule has 3 aromatic rings. The van der Waals surface area contributed by atoms with E-state index >= 15 is 0 Å². The van der Waals surface area contributed by atoms with E-state index in [0.29, 0.717) is 6.42 Å². The van der Waals surface area contributed by atoms with Crippen molar-refractivity contribution >= 4 is 16.5 Å². The third-order valence-corrected chi connectivity index (χ3v) is 3.47. The molecule has 1 heterocycles. The van der Waals surface area contributed by atoms with Crippen molar-refractivity contribution in [1.29, 1.82) is 0 Å². The molecule has 0 amide bonds. The quantitative estimate of drug-likeness (QED) is 0.750. The maximum absolute atomic E-state index is 6.22. The number of nitrogens with two attached hydrogens (primary N) is 1. The zero-order chi connectivity index (χ0) is 13.9. The molecular weight excluding hydrogens is 246 g/mol. The molecule has 0 aliphatic rings. The van der Waals surface area contributed by atoms with Crippen molar-refractivity contribution in [2.75, 3.05) is 0 Å². The average molecular weight is 263 g/mol. The van der Waals surface area contributed by atoms with Crippen LogP contribution in [0.4, 0.5) is 0 Å². The fourth-order valence-electron chi connectivity index (χ4n) is 2.34. The number of benzene rings is 2. The lowest BCUT2D eigenvalue weighted by Crippen LogP contribution is -2.10. The smallest absolute Gasteiger partial charge is 0.134 e. The summed E-state index contributed by atoms with van der Waals surface area (Å²) in [5.74, 6) is 0.817. The highest BCUT2D eigenvalue weighted by Gasteiger charge is 2.12. The molecule has 100 valence electrons. The Morgan fingerprint density at radius 3 is 2.50 bits per heavy atom. The maximum Gasteiger partial charge on any atom is 0.134 e. The van der Waals surface area contributed by atoms with Crippen LogP contribution in [-0.2, 0) is 0 Å². The third kappa shape index (κ3) is 2.51. The van der Waals surface area contributed by atoms with Crippen molar-refractivity contribution in [3.05, 3.63) is 78.6 Å². The lowest BCUT2D eigenvalue weighted by molar-refractivity contribution is 0.591. The van der Waals surface area contributed by atoms with Crippen molar-refractivity contribution in [3.63, 3.8) is 0 Å². The van der Waals surface area contributed by atoms with Gasteiger partial charge in [0.1, 0.15) is 11.3 Å². The van der Waals surface area contributed by atoms with Gasteiger partial charge in [-0.25, -0.2) is 0 Å². The summed E-state index contributed by atoms with van der Waals surface area (Å²) in [4.78, 5) is 0. The summed E-state index contributed by atoms with van der Waals surface area (Å²) in [5.41, 5.74) is 9.15. The van der Waals surface area contributed by atoms with Gasteiger partial charge in [0, 0.05) is 11.4 Å². The minimum absolute atomic E-state index is 0.0584. The Bertz CT molecular complexity index is 694. The molecule has 1 atom stereocenters. The van der Waals surface area contributed by atoms with E-state index < -0.39 is 0 Å². The summed E-state index contributed by atoms with van der Waals surface area (Å²) in [5, 5.41) is 1.09. The molecule has 1 aromatic heterocycles. The number of fused-ring (bicyclic) bond motifs is 1. The minimum Gasteiger partial charge on any atom is -0.456 e. The molecule has 2 nitrogen and oxygen atoms in total. The van der Waals surface area contributed by atoms with Crippen LogP contribution in [0.25, 0.3) is 16.5 Å². The summed E-state index contributed by atoms with van der Waals surface area (Å²) in [6.07, 6.45) is 0.684. The molecule has 2 aromatic carbocycles. The van der Waals surface area contributed by atoms with Gasteiger partial charge in [0.2, 0.25) is 0 Å². The van der Waals surface area contributed by atoms with E-state index in [1.165, 1.54) is 0 Å². The van der Waals surface area contributed by atoms with Gasteiger partial charge >= 0.3 is 0 Å². The van der Waals surface area contributed by atoms with E-state index in [0.717, 1.165) is 27.9 Å². The van der Waals surface area contributed by atoms with Crippen molar-refractivity contribution in [2.45, 2.75) is 12.5 Å². The van der Waals surface area contributed by atoms with Crippen LogP contribution < -0.4 is 5.73 Å². The molecule has 2 heteroatoms. The predicted octanol–water partition coefficient (Wildman–Crippen LogP) is 4.54. The maximum atomic E-state index is 6.22. The molecule has 0 radical (unpaired) electrons. The van der Waals surface area contributed by atoms with E-state index in [2.05, 4.69) is 6.58 Å². The first-order chi connectivity index (χ1) is 9.74. The Morgan fingerprint density at radius 2 is 1.75 bits per heavy atom. The van der Waals surface area contributed by atoms with E-state index in [1.807, 2.05) is 60.7 Å². The van der Waals surface area contributed by atoms with Gasteiger partial charge < -0.3 is 10.2 Å². The van der Waals surface area contributed by atoms with E-state index in [4.69, 9.17) is 10.2 Å². The lowest BCUT2D eigenvalue weighted by Gasteiger charge is -2.12. The standard InChI is InChI=1S/C18H17NO/c1-13(11-16(19)14-7-3-2-4-8-14)18-12-15-9-5-6-10-17(15)20-18/h2-10,12,16H,1,11,19H2. The van der Waals surface area contributed by atoms with Gasteiger partial charge in [0.25, 0.3) is 0 Å². The average Bonchev–Trinajstić information content (AvgIpc) is 2.92. The molecule has 0 aliphatic carbocycles. The Labute approximate surface area is 118 Å². The molecule has 20 heavy (non-hydrogen) atoms. The molecule has 0 fully saturated rings. The number of furan rings is 1. The van der Waals surface area contributed by atoms with Gasteiger partial charge in [-0.1, -0.05) is 55.1 Å². The predicted molar refractivity (Wildman–Crippen MR) is 83.2 cm³/mol. The van der Waals surface area contributed by atoms with Crippen molar-refractivity contribution in [3.8, 4) is 0 Å². The van der Waals surface area contributed by atoms with Crippen molar-refractivity contribution < 1.29 is 4.42 Å². The SMILES string of the molecule is C=C(CC(N)c1ccccc1)c1cc2ccccc2o1. The summed E-state index contributed by atoms with van der Waals surface area (Å²) in [7, 11) is 0. The number of hydrogen-bond acceptors (Lipinski definition) is 2. The fraction of sp³-hybridized carbons (Fsp3) is 0.111. The van der Waals surface area contributed by atoms with Gasteiger partial charge in [0.15, 0.2) is 0 Å². The molecule has 0 bridgehead atoms. The monoisotopic (exact) mass is 263 g/mol. The van der Waals surface area contributed by atoms with Gasteiger partial charge in [-0.3, -0.25) is 0 Å². The van der Waals surface area contributed by atoms with Gasteiger partial charge in [-0.05, 0) is 29.7 Å². The van der Waals surface area contributed by atoms with E-state index in [1.54, 1.807) is 0 Å². The van der Waals surface area contributed by atoms with Crippen LogP contribution in [0.2, 0.25) is 0 Å². The minimum atomic E-state index is -0.0584. The second kappa shape index (κ2) is 5.35. The molecule has 0 spiro atoms. The fourth-order valence-corrected chi connectivity index (χ4v) is 2.34. The largest absolute Gasteiger partial charge is 0.456 e. The number of hydrogen-bond donors (Lipinski definition) is 1. The molecule has 0 saturated carbocycles. The van der Waals surface area contributed by atoms with Gasteiger partial charge in [0.05, 0.1) is 0 Å². The van der Waals surface area contributed by atoms with Crippen LogP contribution in [0.15, 0.2) is 71.7 Å². The first-order valence-electron chi connectivity index (χ1n) is 6.71. The van der Waals surface area contributed by atoms with E-state index in [-0.39, 0.29) is 6.04 Å². The lowest BCUT2D eigenvalue weighted by atomic mass is 9.99. The van der Waals surface area contributed by atoms with Crippen LogP contribution in [0.1, 0.15) is 23.8 Å². The summed E-state index contributed by atoms with van der Waals surface area (Å²) in [6.45, 7) is 4.11. The molecule has 0 saturated heterocycles. The third-order valence-electron chi connectivity index (χ3n) is 3.47. The number of para-hydroxylation sites is 1. The van der Waals surface area contributed by atoms with Gasteiger partial charge in [-0.2, -0.15) is 0 Å². The Balaban J connectivity index is 1.79. The highest BCUT2D eigenvalue weighted by molar-refractivity contribution is 5.81. The zero-order valence-corrected chi connectivity index (χ0v) is 11.3. The first kappa shape index (κ1) is 12.7. The summed E-state index contributed by atoms with van der Waals surface area (Å²) >= 11 is 0. The van der Waals surface area contributed by atoms with Crippen molar-refractivity contribution in [1.82, 2.24) is 0 Å². The Kier molecular flexibility index (Phi) is 3.40. The zero-order valence-electron chi connectivity index (χ0n) is 11.3. The molecular formula is C18H17NO. The van der Waals surface area contributed by atoms with Crippen LogP contribution in [0.5, 0.6) is 0 Å². The Hall–Kier alpha value is -2.32. The van der Waals surface area contributed by atoms with Gasteiger partial charge in [-0.15, -0.1) is 0 Å². The molecule has 3 rings (SSSR count). The highest BCUT2D eigenvalue weighted by atomic mass is 16.3. The normalized spacial score (nSPS) is 12.4. The van der Waals surface area contributed by atoms with Crippen LogP contribution in [0.3, 0.4) is 0 Å². The summed E-state index contributed by atoms with van der Waals surface area (Å²) < 4.78 is 5.81.